The fourth-order valence-corrected chi connectivity index (χ4v) is 4.87. The summed E-state index contributed by atoms with van der Waals surface area (Å²) >= 11 is 0. The zero-order chi connectivity index (χ0) is 26.7. The monoisotopic (exact) mass is 516 g/mol. The second-order valence-electron chi connectivity index (χ2n) is 9.30. The van der Waals surface area contributed by atoms with E-state index in [-0.39, 0.29) is 12.5 Å². The Balaban J connectivity index is 1.37. The molecule has 2 aromatic carbocycles. The number of nitrogens with zero attached hydrogens (tertiary/aromatic N) is 3. The number of fused-ring (bicyclic) bond motifs is 1. The van der Waals surface area contributed by atoms with Crippen molar-refractivity contribution in [2.24, 2.45) is 5.16 Å². The van der Waals surface area contributed by atoms with Gasteiger partial charge in [-0.15, -0.1) is 0 Å². The van der Waals surface area contributed by atoms with Crippen LogP contribution in [0.5, 0.6) is 5.75 Å². The van der Waals surface area contributed by atoms with E-state index in [2.05, 4.69) is 32.9 Å². The van der Waals surface area contributed by atoms with E-state index >= 15 is 0 Å². The number of hydrogen-bond donors (Lipinski definition) is 4. The Hall–Kier alpha value is -4.56. The lowest BCUT2D eigenvalue weighted by atomic mass is 9.94. The summed E-state index contributed by atoms with van der Waals surface area (Å²) in [6, 6.07) is 11.7. The lowest BCUT2D eigenvalue weighted by molar-refractivity contribution is -0.122. The summed E-state index contributed by atoms with van der Waals surface area (Å²) in [5.74, 6) is 6.20. The number of oxime groups is 1. The number of hydrogen-bond acceptors (Lipinski definition) is 7. The van der Waals surface area contributed by atoms with E-state index in [1.165, 1.54) is 4.90 Å². The summed E-state index contributed by atoms with van der Waals surface area (Å²) in [5, 5.41) is 21.2. The summed E-state index contributed by atoms with van der Waals surface area (Å²) < 4.78 is 5.26. The summed E-state index contributed by atoms with van der Waals surface area (Å²) in [6.07, 6.45) is 0.584. The third kappa shape index (κ3) is 4.86. The number of carbonyl (C=O) groups excluding carboxylic acids is 3. The summed E-state index contributed by atoms with van der Waals surface area (Å²) in [5.41, 5.74) is 1.15. The number of rotatable bonds is 4. The molecule has 4 N–H and O–H groups in total. The molecule has 2 aromatic rings. The largest absolute Gasteiger partial charge is 0.497 e. The van der Waals surface area contributed by atoms with E-state index in [1.54, 1.807) is 43.5 Å². The molecule has 3 aliphatic rings. The fourth-order valence-electron chi connectivity index (χ4n) is 4.87. The molecule has 0 saturated carbocycles. The Labute approximate surface area is 219 Å². The lowest BCUT2D eigenvalue weighted by Crippen LogP contribution is -2.56. The van der Waals surface area contributed by atoms with Crippen molar-refractivity contribution in [2.75, 3.05) is 46.4 Å². The van der Waals surface area contributed by atoms with Crippen molar-refractivity contribution in [3.63, 3.8) is 0 Å². The number of ether oxygens (including phenoxy) is 1. The van der Waals surface area contributed by atoms with Gasteiger partial charge in [-0.25, -0.2) is 4.79 Å². The molecule has 1 unspecified atom stereocenters. The summed E-state index contributed by atoms with van der Waals surface area (Å²) in [4.78, 5) is 41.7. The molecule has 0 bridgehead atoms. The topological polar surface area (TPSA) is 136 Å². The maximum Gasteiger partial charge on any atom is 0.323 e. The van der Waals surface area contributed by atoms with Crippen molar-refractivity contribution in [2.45, 2.75) is 12.0 Å². The molecule has 196 valence electrons. The molecule has 2 fully saturated rings. The van der Waals surface area contributed by atoms with Crippen LogP contribution in [0.25, 0.3) is 0 Å². The molecule has 11 heteroatoms. The van der Waals surface area contributed by atoms with Gasteiger partial charge in [-0.2, -0.15) is 0 Å². The zero-order valence-corrected chi connectivity index (χ0v) is 20.9. The van der Waals surface area contributed by atoms with E-state index in [4.69, 9.17) is 4.74 Å². The number of nitrogens with one attached hydrogen (secondary N) is 3. The standard InChI is InChI=1S/C27H28N6O5/c1-38-21-6-7-22-20(16-21)9-13-33(24(22)34)17-27(25(35)29-26(36)30-27)10-8-18-2-4-19(5-3-18)23(31-37)32-14-11-28-12-15-32/h2-7,16,28,37H,9,11-15,17H2,1H3,(H2,29,30,35,36). The maximum absolute atomic E-state index is 13.2. The lowest BCUT2D eigenvalue weighted by Gasteiger charge is -2.33. The zero-order valence-electron chi connectivity index (χ0n) is 20.9. The molecule has 3 heterocycles. The Morgan fingerprint density at radius 3 is 2.53 bits per heavy atom. The number of benzene rings is 2. The van der Waals surface area contributed by atoms with Crippen LogP contribution in [0.4, 0.5) is 4.79 Å². The SMILES string of the molecule is COc1ccc2c(c1)CCN(CC1(C#Cc3ccc(C(=NO)N4CCNCC4)cc3)NC(=O)NC1=O)C2=O. The minimum atomic E-state index is -1.59. The Kier molecular flexibility index (Phi) is 6.89. The number of carbonyl (C=O) groups is 3. The van der Waals surface area contributed by atoms with Crippen molar-refractivity contribution >= 4 is 23.7 Å². The number of piperazine rings is 1. The van der Waals surface area contributed by atoms with Gasteiger partial charge in [-0.05, 0) is 54.4 Å². The molecular weight excluding hydrogens is 488 g/mol. The van der Waals surface area contributed by atoms with Gasteiger partial charge in [-0.1, -0.05) is 17.0 Å². The fraction of sp³-hybridized carbons (Fsp3) is 0.333. The van der Waals surface area contributed by atoms with Gasteiger partial charge in [0.05, 0.1) is 13.7 Å². The Morgan fingerprint density at radius 1 is 1.11 bits per heavy atom. The van der Waals surface area contributed by atoms with Crippen LogP contribution >= 0.6 is 0 Å². The molecular formula is C27H28N6O5. The van der Waals surface area contributed by atoms with Gasteiger partial charge < -0.3 is 30.4 Å². The first-order valence-electron chi connectivity index (χ1n) is 12.3. The number of amides is 4. The van der Waals surface area contributed by atoms with Gasteiger partial charge in [0.25, 0.3) is 11.8 Å². The molecule has 0 spiro atoms. The van der Waals surface area contributed by atoms with E-state index in [1.807, 2.05) is 11.0 Å². The predicted molar refractivity (Wildman–Crippen MR) is 138 cm³/mol. The minimum absolute atomic E-state index is 0.0930. The van der Waals surface area contributed by atoms with Gasteiger partial charge in [0, 0.05) is 49.4 Å². The highest BCUT2D eigenvalue weighted by atomic mass is 16.5. The smallest absolute Gasteiger partial charge is 0.323 e. The molecule has 3 aliphatic heterocycles. The predicted octanol–water partition coefficient (Wildman–Crippen LogP) is 0.364. The molecule has 0 aromatic heterocycles. The maximum atomic E-state index is 13.2. The van der Waals surface area contributed by atoms with Crippen LogP contribution in [0.3, 0.4) is 0 Å². The molecule has 0 radical (unpaired) electrons. The third-order valence-electron chi connectivity index (χ3n) is 6.93. The molecule has 11 nitrogen and oxygen atoms in total. The van der Waals surface area contributed by atoms with E-state index in [0.717, 1.165) is 37.3 Å². The van der Waals surface area contributed by atoms with Gasteiger partial charge in [0.1, 0.15) is 5.75 Å². The molecule has 1 atom stereocenters. The molecule has 38 heavy (non-hydrogen) atoms. The summed E-state index contributed by atoms with van der Waals surface area (Å²) in [7, 11) is 1.57. The quantitative estimate of drug-likeness (QED) is 0.115. The highest BCUT2D eigenvalue weighted by Gasteiger charge is 2.47. The van der Waals surface area contributed by atoms with Crippen LogP contribution in [0.15, 0.2) is 47.6 Å². The van der Waals surface area contributed by atoms with Crippen molar-refractivity contribution in [3.8, 4) is 17.6 Å². The van der Waals surface area contributed by atoms with E-state index in [9.17, 15) is 19.6 Å². The van der Waals surface area contributed by atoms with Crippen LogP contribution in [-0.2, 0) is 11.2 Å². The highest BCUT2D eigenvalue weighted by molar-refractivity contribution is 6.10. The molecule has 2 saturated heterocycles. The van der Waals surface area contributed by atoms with Crippen LogP contribution in [0.2, 0.25) is 0 Å². The molecule has 5 rings (SSSR count). The van der Waals surface area contributed by atoms with Crippen molar-refractivity contribution in [3.05, 3.63) is 64.7 Å². The van der Waals surface area contributed by atoms with Crippen molar-refractivity contribution < 1.29 is 24.3 Å². The average Bonchev–Trinajstić information content (AvgIpc) is 3.23. The average molecular weight is 517 g/mol. The van der Waals surface area contributed by atoms with E-state index < -0.39 is 17.5 Å². The van der Waals surface area contributed by atoms with Crippen LogP contribution < -0.4 is 20.7 Å². The van der Waals surface area contributed by atoms with Gasteiger partial charge >= 0.3 is 6.03 Å². The number of amidine groups is 1. The second-order valence-corrected chi connectivity index (χ2v) is 9.30. The molecule has 4 amide bonds. The number of urea groups is 1. The Morgan fingerprint density at radius 2 is 1.87 bits per heavy atom. The third-order valence-corrected chi connectivity index (χ3v) is 6.93. The Bertz CT molecular complexity index is 1360. The second kappa shape index (κ2) is 10.4. The summed E-state index contributed by atoms with van der Waals surface area (Å²) in [6.45, 7) is 3.34. The van der Waals surface area contributed by atoms with Crippen LogP contribution in [-0.4, -0.2) is 90.6 Å². The van der Waals surface area contributed by atoms with E-state index in [0.29, 0.717) is 35.7 Å². The molecule has 0 aliphatic carbocycles. The number of imide groups is 1. The van der Waals surface area contributed by atoms with Gasteiger partial charge in [-0.3, -0.25) is 14.9 Å². The van der Waals surface area contributed by atoms with Gasteiger partial charge in [0.15, 0.2) is 5.84 Å². The minimum Gasteiger partial charge on any atom is -0.497 e. The highest BCUT2D eigenvalue weighted by Crippen LogP contribution is 2.25. The number of methoxy groups -OCH3 is 1. The first-order chi connectivity index (χ1) is 18.4. The van der Waals surface area contributed by atoms with Crippen molar-refractivity contribution in [1.82, 2.24) is 25.8 Å². The van der Waals surface area contributed by atoms with Crippen LogP contribution in [0.1, 0.15) is 27.0 Å². The first-order valence-corrected chi connectivity index (χ1v) is 12.3. The van der Waals surface area contributed by atoms with Gasteiger partial charge in [0.2, 0.25) is 5.54 Å². The first kappa shape index (κ1) is 25.1. The van der Waals surface area contributed by atoms with Crippen LogP contribution in [0, 0.1) is 11.8 Å². The normalized spacial score (nSPS) is 21.3. The van der Waals surface area contributed by atoms with Crippen molar-refractivity contribution in [1.29, 1.82) is 0 Å².